The van der Waals surface area contributed by atoms with Crippen molar-refractivity contribution in [2.75, 3.05) is 5.32 Å². The molecule has 7 heteroatoms. The predicted octanol–water partition coefficient (Wildman–Crippen LogP) is 8.97. The molecule has 44 heavy (non-hydrogen) atoms. The molecule has 0 heterocycles. The van der Waals surface area contributed by atoms with Gasteiger partial charge >= 0.3 is 0 Å². The molecule has 0 bridgehead atoms. The molecule has 5 aromatic rings. The zero-order valence-corrected chi connectivity index (χ0v) is 24.8. The highest BCUT2D eigenvalue weighted by Gasteiger charge is 2.17. The number of ketones is 1. The first-order chi connectivity index (χ1) is 21.4. The van der Waals surface area contributed by atoms with E-state index < -0.39 is 11.8 Å². The highest BCUT2D eigenvalue weighted by Crippen LogP contribution is 2.27. The number of carbonyl (C=O) groups excluding carboxylic acids is 3. The normalized spacial score (nSPS) is 11.3. The molecule has 0 unspecified atom stereocenters. The van der Waals surface area contributed by atoms with Crippen LogP contribution in [0.3, 0.4) is 0 Å². The van der Waals surface area contributed by atoms with Crippen molar-refractivity contribution in [3.63, 3.8) is 0 Å². The maximum atomic E-state index is 13.3. The average Bonchev–Trinajstić information content (AvgIpc) is 3.06. The lowest BCUT2D eigenvalue weighted by atomic mass is 10.0. The quantitative estimate of drug-likeness (QED) is 0.128. The number of anilines is 1. The molecule has 0 atom stereocenters. The fourth-order valence-electron chi connectivity index (χ4n) is 4.34. The number of allylic oxidation sites excluding steroid dienone is 1. The Labute approximate surface area is 265 Å². The van der Waals surface area contributed by atoms with E-state index in [1.807, 2.05) is 54.6 Å². The van der Waals surface area contributed by atoms with Crippen LogP contribution in [0.4, 0.5) is 5.69 Å². The van der Waals surface area contributed by atoms with Crippen molar-refractivity contribution in [2.45, 2.75) is 0 Å². The molecule has 0 aliphatic rings. The third kappa shape index (κ3) is 7.78. The first kappa shape index (κ1) is 30.2. The molecule has 5 nitrogen and oxygen atoms in total. The van der Waals surface area contributed by atoms with Gasteiger partial charge < -0.3 is 10.6 Å². The van der Waals surface area contributed by atoms with E-state index in [-0.39, 0.29) is 11.5 Å². The molecular formula is C37H26Cl2N2O3. The Kier molecular flexibility index (Phi) is 9.82. The number of halogens is 2. The van der Waals surface area contributed by atoms with E-state index in [1.165, 1.54) is 12.2 Å². The van der Waals surface area contributed by atoms with Crippen LogP contribution in [0.5, 0.6) is 0 Å². The highest BCUT2D eigenvalue weighted by molar-refractivity contribution is 6.37. The largest absolute Gasteiger partial charge is 0.321 e. The van der Waals surface area contributed by atoms with Gasteiger partial charge in [0.25, 0.3) is 11.8 Å². The van der Waals surface area contributed by atoms with E-state index in [4.69, 9.17) is 23.2 Å². The van der Waals surface area contributed by atoms with Crippen molar-refractivity contribution in [2.24, 2.45) is 0 Å². The summed E-state index contributed by atoms with van der Waals surface area (Å²) in [4.78, 5) is 39.1. The molecule has 0 spiro atoms. The van der Waals surface area contributed by atoms with Gasteiger partial charge in [0.05, 0.1) is 0 Å². The van der Waals surface area contributed by atoms with Crippen LogP contribution in [0, 0.1) is 0 Å². The summed E-state index contributed by atoms with van der Waals surface area (Å²) < 4.78 is 0. The van der Waals surface area contributed by atoms with Gasteiger partial charge in [-0.2, -0.15) is 0 Å². The second-order valence-electron chi connectivity index (χ2n) is 9.73. The molecule has 0 saturated carbocycles. The summed E-state index contributed by atoms with van der Waals surface area (Å²) in [6.45, 7) is 0. The highest BCUT2D eigenvalue weighted by atomic mass is 35.5. The minimum Gasteiger partial charge on any atom is -0.321 e. The van der Waals surface area contributed by atoms with Gasteiger partial charge in [0, 0.05) is 32.4 Å². The molecule has 0 saturated heterocycles. The first-order valence-electron chi connectivity index (χ1n) is 13.7. The van der Waals surface area contributed by atoms with Crippen molar-refractivity contribution >= 4 is 58.6 Å². The second kappa shape index (κ2) is 14.3. The molecule has 0 aliphatic carbocycles. The summed E-state index contributed by atoms with van der Waals surface area (Å²) in [7, 11) is 0. The van der Waals surface area contributed by atoms with Gasteiger partial charge in [0.1, 0.15) is 5.70 Å². The zero-order chi connectivity index (χ0) is 30.9. The summed E-state index contributed by atoms with van der Waals surface area (Å²) in [6, 6.07) is 38.0. The van der Waals surface area contributed by atoms with Crippen molar-refractivity contribution in [1.29, 1.82) is 0 Å². The minimum atomic E-state index is -0.594. The molecule has 5 aromatic carbocycles. The van der Waals surface area contributed by atoms with Gasteiger partial charge in [-0.05, 0) is 77.4 Å². The first-order valence-corrected chi connectivity index (χ1v) is 14.4. The van der Waals surface area contributed by atoms with Gasteiger partial charge in [-0.1, -0.05) is 108 Å². The molecule has 216 valence electrons. The number of amides is 2. The van der Waals surface area contributed by atoms with E-state index >= 15 is 0 Å². The Morgan fingerprint density at radius 1 is 0.591 bits per heavy atom. The lowest BCUT2D eigenvalue weighted by Crippen LogP contribution is -2.30. The molecule has 0 fully saturated rings. The third-order valence-corrected chi connectivity index (χ3v) is 7.35. The number of benzene rings is 5. The van der Waals surface area contributed by atoms with E-state index in [2.05, 4.69) is 10.6 Å². The number of hydrogen-bond acceptors (Lipinski definition) is 3. The number of rotatable bonds is 9. The van der Waals surface area contributed by atoms with Gasteiger partial charge in [-0.3, -0.25) is 14.4 Å². The Morgan fingerprint density at radius 3 is 1.82 bits per heavy atom. The van der Waals surface area contributed by atoms with Gasteiger partial charge in [-0.25, -0.2) is 0 Å². The van der Waals surface area contributed by atoms with E-state index in [0.717, 1.165) is 16.7 Å². The fourth-order valence-corrected chi connectivity index (χ4v) is 4.84. The smallest absolute Gasteiger partial charge is 0.272 e. The van der Waals surface area contributed by atoms with E-state index in [9.17, 15) is 14.4 Å². The van der Waals surface area contributed by atoms with Crippen molar-refractivity contribution in [1.82, 2.24) is 5.32 Å². The average molecular weight is 618 g/mol. The topological polar surface area (TPSA) is 75.3 Å². The molecule has 0 aliphatic heterocycles. The Bertz CT molecular complexity index is 1830. The molecule has 0 radical (unpaired) electrons. The van der Waals surface area contributed by atoms with E-state index in [0.29, 0.717) is 32.4 Å². The van der Waals surface area contributed by atoms with Gasteiger partial charge in [-0.15, -0.1) is 0 Å². The maximum Gasteiger partial charge on any atom is 0.272 e. The summed E-state index contributed by atoms with van der Waals surface area (Å²) in [5.41, 5.74) is 4.71. The second-order valence-corrected chi connectivity index (χ2v) is 10.5. The SMILES string of the molecule is O=C(Nc1ccc(C(=O)/C=C/c2ccc(-c3ccccc3)cc2)cc1)/C(=C/c1c(Cl)cccc1Cl)NC(=O)c1ccccc1. The molecule has 0 aromatic heterocycles. The lowest BCUT2D eigenvalue weighted by molar-refractivity contribution is -0.113. The zero-order valence-electron chi connectivity index (χ0n) is 23.3. The summed E-state index contributed by atoms with van der Waals surface area (Å²) >= 11 is 12.7. The lowest BCUT2D eigenvalue weighted by Gasteiger charge is -2.12. The van der Waals surface area contributed by atoms with Crippen LogP contribution in [-0.2, 0) is 4.79 Å². The van der Waals surface area contributed by atoms with Crippen LogP contribution in [0.1, 0.15) is 31.8 Å². The van der Waals surface area contributed by atoms with Crippen LogP contribution in [0.25, 0.3) is 23.3 Å². The Morgan fingerprint density at radius 2 is 1.18 bits per heavy atom. The number of nitrogens with one attached hydrogen (secondary N) is 2. The molecule has 2 N–H and O–H groups in total. The van der Waals surface area contributed by atoms with Crippen LogP contribution in [-0.4, -0.2) is 17.6 Å². The number of hydrogen-bond donors (Lipinski definition) is 2. The van der Waals surface area contributed by atoms with Crippen LogP contribution in [0.2, 0.25) is 10.0 Å². The molecule has 5 rings (SSSR count). The van der Waals surface area contributed by atoms with Crippen LogP contribution < -0.4 is 10.6 Å². The van der Waals surface area contributed by atoms with Crippen LogP contribution in [0.15, 0.2) is 139 Å². The standard InChI is InChI=1S/C37H26Cl2N2O3/c38-32-12-7-13-33(39)31(32)24-34(41-36(43)29-10-5-2-6-11-29)37(44)40-30-21-19-28(20-22-30)35(42)23-16-25-14-17-27(18-15-25)26-8-3-1-4-9-26/h1-24H,(H,40,44)(H,41,43)/b23-16+,34-24-. The maximum absolute atomic E-state index is 13.3. The fraction of sp³-hybridized carbons (Fsp3) is 0. The van der Waals surface area contributed by atoms with Crippen molar-refractivity contribution in [3.05, 3.63) is 171 Å². The minimum absolute atomic E-state index is 0.0600. The monoisotopic (exact) mass is 616 g/mol. The summed E-state index contributed by atoms with van der Waals surface area (Å²) in [5, 5.41) is 6.06. The van der Waals surface area contributed by atoms with E-state index in [1.54, 1.807) is 78.9 Å². The summed E-state index contributed by atoms with van der Waals surface area (Å²) in [5.74, 6) is -1.25. The molecule has 2 amide bonds. The molecular weight excluding hydrogens is 591 g/mol. The van der Waals surface area contributed by atoms with Gasteiger partial charge in [0.15, 0.2) is 5.78 Å². The Hall–Kier alpha value is -5.23. The summed E-state index contributed by atoms with van der Waals surface area (Å²) in [6.07, 6.45) is 4.70. The van der Waals surface area contributed by atoms with Gasteiger partial charge in [0.2, 0.25) is 0 Å². The van der Waals surface area contributed by atoms with Crippen LogP contribution >= 0.6 is 23.2 Å². The van der Waals surface area contributed by atoms with Crippen molar-refractivity contribution in [3.8, 4) is 11.1 Å². The Balaban J connectivity index is 1.28. The number of carbonyl (C=O) groups is 3. The predicted molar refractivity (Wildman–Crippen MR) is 179 cm³/mol. The third-order valence-electron chi connectivity index (χ3n) is 6.69. The van der Waals surface area contributed by atoms with Crippen molar-refractivity contribution < 1.29 is 14.4 Å².